The second-order valence-corrected chi connectivity index (χ2v) is 3.72. The molecule has 0 aliphatic heterocycles. The van der Waals surface area contributed by atoms with Gasteiger partial charge in [-0.15, -0.1) is 0 Å². The third-order valence-electron chi connectivity index (χ3n) is 1.75. The van der Waals surface area contributed by atoms with Crippen molar-refractivity contribution < 1.29 is 14.3 Å². The van der Waals surface area contributed by atoms with Gasteiger partial charge in [0, 0.05) is 10.4 Å². The largest absolute Gasteiger partial charge is 0.482 e. The zero-order valence-corrected chi connectivity index (χ0v) is 10.5. The number of carbonyl (C=O) groups excluding carboxylic acids is 1. The molecule has 0 unspecified atom stereocenters. The second kappa shape index (κ2) is 5.98. The molecule has 15 heavy (non-hydrogen) atoms. The minimum atomic E-state index is -0.412. The zero-order valence-electron chi connectivity index (χ0n) is 8.13. The molecule has 0 aliphatic rings. The first-order valence-corrected chi connectivity index (χ1v) is 5.71. The van der Waals surface area contributed by atoms with E-state index in [0.29, 0.717) is 16.1 Å². The van der Waals surface area contributed by atoms with Crippen LogP contribution in [0.4, 0.5) is 0 Å². The topological polar surface area (TPSA) is 35.5 Å². The summed E-state index contributed by atoms with van der Waals surface area (Å²) >= 11 is 9.21. The van der Waals surface area contributed by atoms with E-state index >= 15 is 0 Å². The lowest BCUT2D eigenvalue weighted by molar-refractivity contribution is -0.142. The Labute approximate surface area is 101 Å². The number of ether oxygens (including phenoxy) is 2. The van der Waals surface area contributed by atoms with Gasteiger partial charge in [-0.3, -0.25) is 0 Å². The number of methoxy groups -OCH3 is 1. The van der Waals surface area contributed by atoms with Crippen LogP contribution in [0.1, 0.15) is 5.56 Å². The molecule has 1 aromatic carbocycles. The van der Waals surface area contributed by atoms with E-state index in [1.54, 1.807) is 18.2 Å². The van der Waals surface area contributed by atoms with Crippen molar-refractivity contribution in [2.45, 2.75) is 5.33 Å². The lowest BCUT2D eigenvalue weighted by Crippen LogP contribution is -2.12. The van der Waals surface area contributed by atoms with Crippen molar-refractivity contribution in [1.82, 2.24) is 0 Å². The molecule has 3 nitrogen and oxygen atoms in total. The van der Waals surface area contributed by atoms with Gasteiger partial charge in [0.25, 0.3) is 0 Å². The Morgan fingerprint density at radius 1 is 1.53 bits per heavy atom. The van der Waals surface area contributed by atoms with Crippen molar-refractivity contribution in [3.63, 3.8) is 0 Å². The molecule has 0 bridgehead atoms. The van der Waals surface area contributed by atoms with Crippen LogP contribution in [0.2, 0.25) is 5.02 Å². The molecular weight excluding hydrogens is 283 g/mol. The van der Waals surface area contributed by atoms with Gasteiger partial charge >= 0.3 is 5.97 Å². The van der Waals surface area contributed by atoms with Crippen LogP contribution >= 0.6 is 27.5 Å². The zero-order chi connectivity index (χ0) is 11.3. The van der Waals surface area contributed by atoms with Gasteiger partial charge in [0.2, 0.25) is 0 Å². The number of esters is 1. The van der Waals surface area contributed by atoms with E-state index in [1.165, 1.54) is 7.11 Å². The van der Waals surface area contributed by atoms with Gasteiger partial charge in [0.15, 0.2) is 6.61 Å². The number of alkyl halides is 1. The van der Waals surface area contributed by atoms with Crippen LogP contribution in [-0.2, 0) is 14.9 Å². The molecule has 0 radical (unpaired) electrons. The van der Waals surface area contributed by atoms with Gasteiger partial charge in [-0.05, 0) is 23.8 Å². The predicted molar refractivity (Wildman–Crippen MR) is 61.6 cm³/mol. The Kier molecular flexibility index (Phi) is 4.91. The summed E-state index contributed by atoms with van der Waals surface area (Å²) in [6.45, 7) is -0.0974. The Balaban J connectivity index is 2.66. The fraction of sp³-hybridized carbons (Fsp3) is 0.300. The van der Waals surface area contributed by atoms with Crippen molar-refractivity contribution in [3.8, 4) is 5.75 Å². The maximum absolute atomic E-state index is 10.8. The molecule has 0 amide bonds. The molecule has 0 heterocycles. The smallest absolute Gasteiger partial charge is 0.343 e. The molecule has 0 fully saturated rings. The first kappa shape index (κ1) is 12.3. The average molecular weight is 294 g/mol. The molecule has 0 aromatic heterocycles. The van der Waals surface area contributed by atoms with Crippen molar-refractivity contribution in [3.05, 3.63) is 28.8 Å². The van der Waals surface area contributed by atoms with Gasteiger partial charge in [-0.25, -0.2) is 4.79 Å². The molecule has 0 saturated heterocycles. The minimum absolute atomic E-state index is 0.0974. The van der Waals surface area contributed by atoms with Crippen LogP contribution in [0, 0.1) is 0 Å². The lowest BCUT2D eigenvalue weighted by Gasteiger charge is -2.06. The highest BCUT2D eigenvalue weighted by Crippen LogP contribution is 2.23. The molecular formula is C10H10BrClO3. The summed E-state index contributed by atoms with van der Waals surface area (Å²) in [6.07, 6.45) is 0. The molecule has 0 N–H and O–H groups in total. The monoisotopic (exact) mass is 292 g/mol. The highest BCUT2D eigenvalue weighted by Gasteiger charge is 2.04. The van der Waals surface area contributed by atoms with E-state index in [2.05, 4.69) is 20.7 Å². The number of hydrogen-bond acceptors (Lipinski definition) is 3. The Morgan fingerprint density at radius 2 is 2.27 bits per heavy atom. The molecule has 1 aromatic rings. The lowest BCUT2D eigenvalue weighted by atomic mass is 10.2. The standard InChI is InChI=1S/C10H10BrClO3/c1-14-10(13)6-15-8-2-3-9(12)7(4-8)5-11/h2-4H,5-6H2,1H3. The van der Waals surface area contributed by atoms with E-state index in [9.17, 15) is 4.79 Å². The molecule has 82 valence electrons. The molecule has 5 heteroatoms. The number of carbonyl (C=O) groups is 1. The fourth-order valence-corrected chi connectivity index (χ4v) is 1.75. The number of hydrogen-bond donors (Lipinski definition) is 0. The number of halogens is 2. The number of benzene rings is 1. The van der Waals surface area contributed by atoms with Gasteiger partial charge < -0.3 is 9.47 Å². The van der Waals surface area contributed by atoms with Crippen LogP contribution < -0.4 is 4.74 Å². The van der Waals surface area contributed by atoms with Crippen molar-refractivity contribution >= 4 is 33.5 Å². The van der Waals surface area contributed by atoms with Crippen molar-refractivity contribution in [2.75, 3.05) is 13.7 Å². The van der Waals surface area contributed by atoms with Crippen LogP contribution in [0.3, 0.4) is 0 Å². The first-order valence-electron chi connectivity index (χ1n) is 4.21. The summed E-state index contributed by atoms with van der Waals surface area (Å²) in [7, 11) is 1.32. The summed E-state index contributed by atoms with van der Waals surface area (Å²) in [5, 5.41) is 1.30. The first-order chi connectivity index (χ1) is 7.17. The van der Waals surface area contributed by atoms with E-state index in [-0.39, 0.29) is 6.61 Å². The quantitative estimate of drug-likeness (QED) is 0.632. The fourth-order valence-electron chi connectivity index (χ4n) is 0.944. The van der Waals surface area contributed by atoms with E-state index in [4.69, 9.17) is 16.3 Å². The summed E-state index contributed by atoms with van der Waals surface area (Å²) < 4.78 is 9.66. The SMILES string of the molecule is COC(=O)COc1ccc(Cl)c(CBr)c1. The van der Waals surface area contributed by atoms with Crippen LogP contribution in [0.15, 0.2) is 18.2 Å². The van der Waals surface area contributed by atoms with Crippen LogP contribution in [-0.4, -0.2) is 19.7 Å². The van der Waals surface area contributed by atoms with Gasteiger partial charge in [0.1, 0.15) is 5.75 Å². The van der Waals surface area contributed by atoms with Crippen LogP contribution in [0.5, 0.6) is 5.75 Å². The van der Waals surface area contributed by atoms with Gasteiger partial charge in [0.05, 0.1) is 7.11 Å². The highest BCUT2D eigenvalue weighted by molar-refractivity contribution is 9.08. The summed E-state index contributed by atoms with van der Waals surface area (Å²) in [5.41, 5.74) is 0.916. The van der Waals surface area contributed by atoms with Crippen molar-refractivity contribution in [1.29, 1.82) is 0 Å². The molecule has 0 atom stereocenters. The van der Waals surface area contributed by atoms with E-state index in [0.717, 1.165) is 5.56 Å². The molecule has 0 aliphatic carbocycles. The van der Waals surface area contributed by atoms with Crippen molar-refractivity contribution in [2.24, 2.45) is 0 Å². The predicted octanol–water partition coefficient (Wildman–Crippen LogP) is 2.79. The van der Waals surface area contributed by atoms with Gasteiger partial charge in [-0.1, -0.05) is 27.5 Å². The molecule has 0 saturated carbocycles. The minimum Gasteiger partial charge on any atom is -0.482 e. The van der Waals surface area contributed by atoms with E-state index < -0.39 is 5.97 Å². The third-order valence-corrected chi connectivity index (χ3v) is 2.72. The summed E-state index contributed by atoms with van der Waals surface area (Å²) in [4.78, 5) is 10.8. The second-order valence-electron chi connectivity index (χ2n) is 2.75. The van der Waals surface area contributed by atoms with E-state index in [1.807, 2.05) is 0 Å². The molecule has 1 rings (SSSR count). The number of rotatable bonds is 4. The summed E-state index contributed by atoms with van der Waals surface area (Å²) in [5.74, 6) is 0.185. The average Bonchev–Trinajstić information content (AvgIpc) is 2.27. The maximum atomic E-state index is 10.8. The normalized spacial score (nSPS) is 9.80. The summed E-state index contributed by atoms with van der Waals surface area (Å²) in [6, 6.07) is 5.21. The third kappa shape index (κ3) is 3.72. The molecule has 0 spiro atoms. The Bertz CT molecular complexity index is 355. The Hall–Kier alpha value is -0.740. The van der Waals surface area contributed by atoms with Gasteiger partial charge in [-0.2, -0.15) is 0 Å². The maximum Gasteiger partial charge on any atom is 0.343 e. The highest BCUT2D eigenvalue weighted by atomic mass is 79.9. The Morgan fingerprint density at radius 3 is 2.87 bits per heavy atom. The van der Waals surface area contributed by atoms with Crippen LogP contribution in [0.25, 0.3) is 0 Å².